The molecule has 1 aromatic carbocycles. The van der Waals surface area contributed by atoms with Crippen molar-refractivity contribution < 1.29 is 19.4 Å². The Morgan fingerprint density at radius 1 is 1.39 bits per heavy atom. The number of aryl methyl sites for hydroxylation is 1. The van der Waals surface area contributed by atoms with Gasteiger partial charge in [0.2, 0.25) is 0 Å². The number of aromatic nitrogens is 2. The molecule has 9 nitrogen and oxygen atoms in total. The molecule has 31 heavy (non-hydrogen) atoms. The van der Waals surface area contributed by atoms with E-state index < -0.39 is 6.10 Å². The molecule has 1 aliphatic heterocycles. The van der Waals surface area contributed by atoms with E-state index in [1.54, 1.807) is 24.5 Å². The second-order valence-electron chi connectivity index (χ2n) is 7.61. The molecular weight excluding hydrogens is 418 g/mol. The van der Waals surface area contributed by atoms with Gasteiger partial charge in [0, 0.05) is 13.1 Å². The number of aliphatic hydroxyl groups excluding tert-OH is 1. The minimum absolute atomic E-state index is 0.0822. The van der Waals surface area contributed by atoms with Gasteiger partial charge in [-0.05, 0) is 43.5 Å². The number of nitrogens with zero attached hydrogens (tertiary/aromatic N) is 3. The number of para-hydroxylation sites is 1. The van der Waals surface area contributed by atoms with Crippen molar-refractivity contribution >= 4 is 35.0 Å². The lowest BCUT2D eigenvalue weighted by Crippen LogP contribution is -2.29. The lowest BCUT2D eigenvalue weighted by Gasteiger charge is -2.18. The van der Waals surface area contributed by atoms with Gasteiger partial charge in [-0.15, -0.1) is 0 Å². The van der Waals surface area contributed by atoms with Crippen LogP contribution in [0.3, 0.4) is 0 Å². The first-order chi connectivity index (χ1) is 15.0. The number of aliphatic hydroxyl groups is 1. The minimum Gasteiger partial charge on any atom is -0.505 e. The molecule has 1 amide bonds. The number of hydrogen-bond acceptors (Lipinski definition) is 9. The molecule has 0 radical (unpaired) electrons. The van der Waals surface area contributed by atoms with Crippen molar-refractivity contribution in [1.82, 2.24) is 13.6 Å². The van der Waals surface area contributed by atoms with E-state index in [0.717, 1.165) is 29.5 Å². The van der Waals surface area contributed by atoms with E-state index in [2.05, 4.69) is 19.4 Å². The molecule has 10 heteroatoms. The van der Waals surface area contributed by atoms with Gasteiger partial charge >= 0.3 is 0 Å². The highest BCUT2D eigenvalue weighted by atomic mass is 32.1. The Balaban J connectivity index is 1.53. The van der Waals surface area contributed by atoms with Crippen LogP contribution in [-0.2, 0) is 0 Å². The van der Waals surface area contributed by atoms with Crippen molar-refractivity contribution in [1.29, 1.82) is 0 Å². The largest absolute Gasteiger partial charge is 0.505 e. The number of carbonyl (C=O) groups is 1. The van der Waals surface area contributed by atoms with Crippen LogP contribution in [0.15, 0.2) is 34.9 Å². The van der Waals surface area contributed by atoms with Crippen molar-refractivity contribution in [3.63, 3.8) is 0 Å². The smallest absolute Gasteiger partial charge is 0.257 e. The molecule has 0 spiro atoms. The third kappa shape index (κ3) is 4.49. The summed E-state index contributed by atoms with van der Waals surface area (Å²) in [4.78, 5) is 14.3. The van der Waals surface area contributed by atoms with Crippen LogP contribution in [-0.4, -0.2) is 49.0 Å². The second kappa shape index (κ2) is 8.94. The highest BCUT2D eigenvalue weighted by Gasteiger charge is 2.28. The van der Waals surface area contributed by atoms with Crippen molar-refractivity contribution in [2.45, 2.75) is 38.8 Å². The molecule has 0 saturated carbocycles. The van der Waals surface area contributed by atoms with Crippen LogP contribution in [0.1, 0.15) is 47.5 Å². The summed E-state index contributed by atoms with van der Waals surface area (Å²) < 4.78 is 14.2. The van der Waals surface area contributed by atoms with E-state index in [1.165, 1.54) is 4.90 Å². The maximum absolute atomic E-state index is 12.8. The number of hydrogen-bond donors (Lipinski definition) is 4. The predicted molar refractivity (Wildman–Crippen MR) is 118 cm³/mol. The Morgan fingerprint density at radius 2 is 2.19 bits per heavy atom. The molecule has 0 bridgehead atoms. The van der Waals surface area contributed by atoms with Crippen LogP contribution >= 0.6 is 11.7 Å². The fourth-order valence-electron chi connectivity index (χ4n) is 3.58. The summed E-state index contributed by atoms with van der Waals surface area (Å²) in [6.45, 7) is 4.74. The summed E-state index contributed by atoms with van der Waals surface area (Å²) in [5, 5.41) is 26.8. The minimum atomic E-state index is -0.522. The zero-order valence-corrected chi connectivity index (χ0v) is 18.1. The number of aromatic hydroxyl groups is 1. The van der Waals surface area contributed by atoms with Gasteiger partial charge in [0.25, 0.3) is 5.91 Å². The molecule has 4 N–H and O–H groups in total. The number of β-amino-alcohol motifs (C(OH)–C–C–N with tert-alkyl or cyclic N) is 1. The second-order valence-corrected chi connectivity index (χ2v) is 8.14. The third-order valence-electron chi connectivity index (χ3n) is 5.27. The van der Waals surface area contributed by atoms with Gasteiger partial charge in [-0.3, -0.25) is 4.79 Å². The Bertz CT molecular complexity index is 1070. The van der Waals surface area contributed by atoms with Crippen LogP contribution in [0.5, 0.6) is 5.75 Å². The van der Waals surface area contributed by atoms with E-state index >= 15 is 0 Å². The van der Waals surface area contributed by atoms with Crippen molar-refractivity contribution in [2.24, 2.45) is 0 Å². The van der Waals surface area contributed by atoms with Crippen molar-refractivity contribution in [3.05, 3.63) is 47.4 Å². The first-order valence-electron chi connectivity index (χ1n) is 10.2. The first-order valence-corrected chi connectivity index (χ1v) is 10.9. The van der Waals surface area contributed by atoms with E-state index in [1.807, 2.05) is 19.9 Å². The zero-order valence-electron chi connectivity index (χ0n) is 17.3. The van der Waals surface area contributed by atoms with Gasteiger partial charge in [0.15, 0.2) is 17.4 Å². The number of likely N-dealkylation sites (tertiary alicyclic amines) is 1. The van der Waals surface area contributed by atoms with Crippen molar-refractivity contribution in [2.75, 3.05) is 23.7 Å². The standard InChI is InChI=1S/C21H25N5O4S/c1-3-15(17-9-12(2)11-30-17)22-19-20(25-31-24-19)23-16-6-4-5-14(18(16)28)21(29)26-8-7-13(27)10-26/h4-6,9,11,13,15,27-28H,3,7-8,10H2,1-2H3,(H,22,24)(H,23,25)/t13-,15-/m1/s1. The molecule has 2 atom stereocenters. The van der Waals surface area contributed by atoms with Gasteiger partial charge in [0.1, 0.15) is 5.76 Å². The lowest BCUT2D eigenvalue weighted by molar-refractivity contribution is 0.0762. The topological polar surface area (TPSA) is 124 Å². The number of rotatable bonds is 7. The van der Waals surface area contributed by atoms with Crippen LogP contribution in [0, 0.1) is 6.92 Å². The van der Waals surface area contributed by atoms with Gasteiger partial charge in [-0.25, -0.2) is 0 Å². The summed E-state index contributed by atoms with van der Waals surface area (Å²) in [6, 6.07) is 6.82. The van der Waals surface area contributed by atoms with Crippen molar-refractivity contribution in [3.8, 4) is 5.75 Å². The van der Waals surface area contributed by atoms with Crippen LogP contribution in [0.4, 0.5) is 17.3 Å². The Kier molecular flexibility index (Phi) is 6.10. The van der Waals surface area contributed by atoms with E-state index in [9.17, 15) is 15.0 Å². The molecule has 2 aromatic heterocycles. The molecule has 1 aliphatic rings. The van der Waals surface area contributed by atoms with Crippen LogP contribution in [0.25, 0.3) is 0 Å². The van der Waals surface area contributed by atoms with Crippen LogP contribution in [0.2, 0.25) is 0 Å². The molecular formula is C21H25N5O4S. The molecule has 0 aliphatic carbocycles. The van der Waals surface area contributed by atoms with Gasteiger partial charge in [-0.2, -0.15) is 8.75 Å². The summed E-state index contributed by atoms with van der Waals surface area (Å²) >= 11 is 1.04. The number of amides is 1. The predicted octanol–water partition coefficient (Wildman–Crippen LogP) is 3.66. The summed E-state index contributed by atoms with van der Waals surface area (Å²) in [5.41, 5.74) is 1.57. The number of furan rings is 1. The van der Waals surface area contributed by atoms with E-state index in [0.29, 0.717) is 30.3 Å². The van der Waals surface area contributed by atoms with Gasteiger partial charge in [0.05, 0.1) is 41.4 Å². The first kappa shape index (κ1) is 21.1. The summed E-state index contributed by atoms with van der Waals surface area (Å²) in [7, 11) is 0. The number of benzene rings is 1. The maximum atomic E-state index is 12.8. The average molecular weight is 444 g/mol. The number of nitrogens with one attached hydrogen (secondary N) is 2. The number of anilines is 3. The van der Waals surface area contributed by atoms with E-state index in [4.69, 9.17) is 4.42 Å². The van der Waals surface area contributed by atoms with E-state index in [-0.39, 0.29) is 29.8 Å². The summed E-state index contributed by atoms with van der Waals surface area (Å²) in [5.74, 6) is 1.31. The fourth-order valence-corrected chi connectivity index (χ4v) is 4.06. The quantitative estimate of drug-likeness (QED) is 0.408. The maximum Gasteiger partial charge on any atom is 0.257 e. The Morgan fingerprint density at radius 3 is 2.87 bits per heavy atom. The van der Waals surface area contributed by atoms with Crippen LogP contribution < -0.4 is 10.6 Å². The highest BCUT2D eigenvalue weighted by Crippen LogP contribution is 2.34. The molecule has 3 heterocycles. The highest BCUT2D eigenvalue weighted by molar-refractivity contribution is 6.99. The molecule has 1 saturated heterocycles. The number of carbonyl (C=O) groups excluding carboxylic acids is 1. The molecule has 0 unspecified atom stereocenters. The van der Waals surface area contributed by atoms with Gasteiger partial charge < -0.3 is 30.2 Å². The monoisotopic (exact) mass is 443 g/mol. The Labute approximate surface area is 184 Å². The SMILES string of the molecule is CC[C@@H](Nc1nsnc1Nc1cccc(C(=O)N2CC[C@@H](O)C2)c1O)c1cc(C)co1. The molecule has 4 rings (SSSR count). The lowest BCUT2D eigenvalue weighted by atomic mass is 10.1. The normalized spacial score (nSPS) is 17.0. The molecule has 1 fully saturated rings. The summed E-state index contributed by atoms with van der Waals surface area (Å²) in [6.07, 6.45) is 2.50. The zero-order chi connectivity index (χ0) is 22.0. The number of phenols is 1. The third-order valence-corrected chi connectivity index (χ3v) is 5.80. The Hall–Kier alpha value is -3.11. The van der Waals surface area contributed by atoms with Gasteiger partial charge in [-0.1, -0.05) is 13.0 Å². The molecule has 3 aromatic rings. The average Bonchev–Trinajstić information content (AvgIpc) is 3.49. The number of phenolic OH excluding ortho intramolecular Hbond substituents is 1. The molecule has 164 valence electrons. The fraction of sp³-hybridized carbons (Fsp3) is 0.381.